The topological polar surface area (TPSA) is 76.7 Å². The molecule has 0 fully saturated rings. The lowest BCUT2D eigenvalue weighted by Crippen LogP contribution is -2.29. The second-order valence-electron chi connectivity index (χ2n) is 3.23. The molecule has 2 aromatic heterocycles. The van der Waals surface area contributed by atoms with Crippen LogP contribution in [0.4, 0.5) is 0 Å². The van der Waals surface area contributed by atoms with Gasteiger partial charge in [0, 0.05) is 17.8 Å². The SMILES string of the molecule is Cc1cncc(C(NN)c2csnn2)c1. The molecule has 6 heteroatoms. The molecule has 0 amide bonds. The normalized spacial score (nSPS) is 12.7. The summed E-state index contributed by atoms with van der Waals surface area (Å²) in [6.07, 6.45) is 3.58. The van der Waals surface area contributed by atoms with E-state index in [9.17, 15) is 0 Å². The average molecular weight is 221 g/mol. The molecule has 5 nitrogen and oxygen atoms in total. The van der Waals surface area contributed by atoms with E-state index in [-0.39, 0.29) is 6.04 Å². The molecule has 1 atom stereocenters. The summed E-state index contributed by atoms with van der Waals surface area (Å²) in [6, 6.07) is 1.88. The van der Waals surface area contributed by atoms with Crippen LogP contribution in [0.1, 0.15) is 22.9 Å². The predicted molar refractivity (Wildman–Crippen MR) is 58.0 cm³/mol. The third-order valence-corrected chi connectivity index (χ3v) is 2.59. The monoisotopic (exact) mass is 221 g/mol. The Bertz CT molecular complexity index is 428. The highest BCUT2D eigenvalue weighted by Gasteiger charge is 2.15. The lowest BCUT2D eigenvalue weighted by Gasteiger charge is -2.13. The number of pyridine rings is 1. The number of hydrogen-bond donors (Lipinski definition) is 2. The maximum absolute atomic E-state index is 5.51. The molecule has 2 heterocycles. The van der Waals surface area contributed by atoms with E-state index in [1.807, 2.05) is 18.4 Å². The standard InChI is InChI=1S/C9H11N5S/c1-6-2-7(4-11-3-6)9(12-10)8-5-15-14-13-8/h2-5,9,12H,10H2,1H3. The van der Waals surface area contributed by atoms with Gasteiger partial charge in [-0.05, 0) is 29.6 Å². The number of nitrogens with two attached hydrogens (primary N) is 1. The van der Waals surface area contributed by atoms with Gasteiger partial charge >= 0.3 is 0 Å². The van der Waals surface area contributed by atoms with Gasteiger partial charge in [-0.25, -0.2) is 5.43 Å². The number of nitrogens with zero attached hydrogens (tertiary/aromatic N) is 3. The maximum atomic E-state index is 5.51. The van der Waals surface area contributed by atoms with Crippen molar-refractivity contribution in [3.05, 3.63) is 40.7 Å². The van der Waals surface area contributed by atoms with E-state index in [2.05, 4.69) is 20.0 Å². The Balaban J connectivity index is 2.35. The molecule has 0 aliphatic heterocycles. The summed E-state index contributed by atoms with van der Waals surface area (Å²) >= 11 is 1.31. The van der Waals surface area contributed by atoms with Gasteiger partial charge in [0.15, 0.2) is 0 Å². The molecular formula is C9H11N5S. The smallest absolute Gasteiger partial charge is 0.0983 e. The summed E-state index contributed by atoms with van der Waals surface area (Å²) in [4.78, 5) is 4.12. The Hall–Kier alpha value is -1.37. The van der Waals surface area contributed by atoms with Gasteiger partial charge in [-0.2, -0.15) is 0 Å². The molecular weight excluding hydrogens is 210 g/mol. The third kappa shape index (κ3) is 2.17. The zero-order valence-corrected chi connectivity index (χ0v) is 9.03. The highest BCUT2D eigenvalue weighted by atomic mass is 32.1. The zero-order valence-electron chi connectivity index (χ0n) is 8.21. The summed E-state index contributed by atoms with van der Waals surface area (Å²) in [5.41, 5.74) is 5.61. The average Bonchev–Trinajstić information content (AvgIpc) is 2.72. The number of hydrogen-bond acceptors (Lipinski definition) is 6. The first kappa shape index (κ1) is 10.2. The first-order valence-corrected chi connectivity index (χ1v) is 5.29. The van der Waals surface area contributed by atoms with Crippen LogP contribution in [0.3, 0.4) is 0 Å². The van der Waals surface area contributed by atoms with Crippen molar-refractivity contribution in [2.24, 2.45) is 5.84 Å². The Morgan fingerprint density at radius 3 is 2.93 bits per heavy atom. The number of nitrogens with one attached hydrogen (secondary N) is 1. The minimum absolute atomic E-state index is 0.142. The maximum Gasteiger partial charge on any atom is 0.0983 e. The Labute approximate surface area is 91.5 Å². The molecule has 0 saturated heterocycles. The van der Waals surface area contributed by atoms with Crippen LogP contribution in [0, 0.1) is 6.92 Å². The van der Waals surface area contributed by atoms with E-state index in [4.69, 9.17) is 5.84 Å². The van der Waals surface area contributed by atoms with Crippen molar-refractivity contribution in [1.82, 2.24) is 20.0 Å². The quantitative estimate of drug-likeness (QED) is 0.592. The fourth-order valence-electron chi connectivity index (χ4n) is 1.39. The molecule has 0 aliphatic rings. The fourth-order valence-corrected chi connectivity index (χ4v) is 1.87. The Morgan fingerprint density at radius 2 is 2.33 bits per heavy atom. The van der Waals surface area contributed by atoms with Crippen LogP contribution in [-0.4, -0.2) is 14.6 Å². The molecule has 0 radical (unpaired) electrons. The molecule has 78 valence electrons. The van der Waals surface area contributed by atoms with Gasteiger partial charge in [-0.1, -0.05) is 10.6 Å². The van der Waals surface area contributed by atoms with Crippen molar-refractivity contribution in [3.8, 4) is 0 Å². The number of hydrazine groups is 1. The molecule has 15 heavy (non-hydrogen) atoms. The molecule has 2 aromatic rings. The van der Waals surface area contributed by atoms with Gasteiger partial charge in [-0.15, -0.1) is 5.10 Å². The fraction of sp³-hybridized carbons (Fsp3) is 0.222. The Morgan fingerprint density at radius 1 is 1.47 bits per heavy atom. The van der Waals surface area contributed by atoms with Crippen molar-refractivity contribution in [2.45, 2.75) is 13.0 Å². The van der Waals surface area contributed by atoms with E-state index in [1.165, 1.54) is 11.5 Å². The van der Waals surface area contributed by atoms with Crippen molar-refractivity contribution in [2.75, 3.05) is 0 Å². The number of aryl methyl sites for hydroxylation is 1. The summed E-state index contributed by atoms with van der Waals surface area (Å²) in [5.74, 6) is 5.51. The van der Waals surface area contributed by atoms with E-state index in [0.717, 1.165) is 16.8 Å². The number of aromatic nitrogens is 3. The number of rotatable bonds is 3. The molecule has 2 rings (SSSR count). The lowest BCUT2D eigenvalue weighted by molar-refractivity contribution is 0.616. The summed E-state index contributed by atoms with van der Waals surface area (Å²) < 4.78 is 3.81. The van der Waals surface area contributed by atoms with Gasteiger partial charge < -0.3 is 0 Å². The first-order valence-electron chi connectivity index (χ1n) is 4.46. The minimum atomic E-state index is -0.142. The van der Waals surface area contributed by atoms with Gasteiger partial charge in [0.1, 0.15) is 0 Å². The van der Waals surface area contributed by atoms with Crippen molar-refractivity contribution < 1.29 is 0 Å². The highest BCUT2D eigenvalue weighted by Crippen LogP contribution is 2.19. The van der Waals surface area contributed by atoms with Crippen LogP contribution in [0.2, 0.25) is 0 Å². The Kier molecular flexibility index (Phi) is 3.00. The minimum Gasteiger partial charge on any atom is -0.271 e. The van der Waals surface area contributed by atoms with Crippen LogP contribution in [0.25, 0.3) is 0 Å². The molecule has 0 aromatic carbocycles. The second-order valence-corrected chi connectivity index (χ2v) is 3.83. The predicted octanol–water partition coefficient (Wildman–Crippen LogP) is 0.794. The molecule has 0 bridgehead atoms. The summed E-state index contributed by atoms with van der Waals surface area (Å²) in [6.45, 7) is 1.99. The van der Waals surface area contributed by atoms with Gasteiger partial charge in [0.2, 0.25) is 0 Å². The first-order chi connectivity index (χ1) is 7.31. The van der Waals surface area contributed by atoms with Crippen molar-refractivity contribution in [3.63, 3.8) is 0 Å². The van der Waals surface area contributed by atoms with Crippen LogP contribution in [-0.2, 0) is 0 Å². The third-order valence-electron chi connectivity index (χ3n) is 2.07. The van der Waals surface area contributed by atoms with Gasteiger partial charge in [-0.3, -0.25) is 10.8 Å². The van der Waals surface area contributed by atoms with E-state index >= 15 is 0 Å². The lowest BCUT2D eigenvalue weighted by atomic mass is 10.1. The van der Waals surface area contributed by atoms with Crippen LogP contribution in [0.5, 0.6) is 0 Å². The van der Waals surface area contributed by atoms with E-state index in [1.54, 1.807) is 12.4 Å². The van der Waals surface area contributed by atoms with Crippen LogP contribution >= 0.6 is 11.5 Å². The van der Waals surface area contributed by atoms with Gasteiger partial charge in [0.25, 0.3) is 0 Å². The molecule has 0 spiro atoms. The molecule has 1 unspecified atom stereocenters. The van der Waals surface area contributed by atoms with Crippen molar-refractivity contribution >= 4 is 11.5 Å². The second kappa shape index (κ2) is 4.43. The van der Waals surface area contributed by atoms with Crippen LogP contribution < -0.4 is 11.3 Å². The highest BCUT2D eigenvalue weighted by molar-refractivity contribution is 7.03. The van der Waals surface area contributed by atoms with Crippen LogP contribution in [0.15, 0.2) is 23.8 Å². The molecule has 0 saturated carbocycles. The summed E-state index contributed by atoms with van der Waals surface area (Å²) in [5, 5.41) is 5.86. The van der Waals surface area contributed by atoms with E-state index < -0.39 is 0 Å². The molecule has 0 aliphatic carbocycles. The van der Waals surface area contributed by atoms with Gasteiger partial charge in [0.05, 0.1) is 11.7 Å². The largest absolute Gasteiger partial charge is 0.271 e. The summed E-state index contributed by atoms with van der Waals surface area (Å²) in [7, 11) is 0. The zero-order chi connectivity index (χ0) is 10.7. The molecule has 3 N–H and O–H groups in total. The van der Waals surface area contributed by atoms with E-state index in [0.29, 0.717) is 0 Å². The van der Waals surface area contributed by atoms with Crippen molar-refractivity contribution in [1.29, 1.82) is 0 Å².